The topological polar surface area (TPSA) is 3.24 Å². The van der Waals surface area contributed by atoms with Crippen LogP contribution >= 0.6 is 0 Å². The Morgan fingerprint density at radius 3 is 1.92 bits per heavy atom. The number of anilines is 3. The number of allylic oxidation sites excluding steroid dienone is 2. The van der Waals surface area contributed by atoms with Crippen molar-refractivity contribution >= 4 is 50.8 Å². The monoisotopic (exact) mass is 793 g/mol. The summed E-state index contributed by atoms with van der Waals surface area (Å²) in [5.41, 5.74) is 21.0. The first-order chi connectivity index (χ1) is 30.5. The van der Waals surface area contributed by atoms with E-state index in [-0.39, 0.29) is 5.41 Å². The van der Waals surface area contributed by atoms with Crippen molar-refractivity contribution in [3.05, 3.63) is 233 Å². The van der Waals surface area contributed by atoms with Crippen LogP contribution in [0.3, 0.4) is 0 Å². The maximum Gasteiger partial charge on any atom is 0.0464 e. The van der Waals surface area contributed by atoms with Crippen LogP contribution in [-0.2, 0) is 18.3 Å². The SMILES string of the molecule is CC1(C)c2ccccc2-c2ccc(-c3ccc(N(c4ccc(-c5ccc6ccc7ccccc7c6c5)cc4)c4cccc(C5C=Cc6ccc7c(c6C5)CCC=C7)c4)cc3)cc21. The third kappa shape index (κ3) is 6.06. The summed E-state index contributed by atoms with van der Waals surface area (Å²) < 4.78 is 0. The molecule has 9 aromatic carbocycles. The molecule has 0 amide bonds. The van der Waals surface area contributed by atoms with Crippen molar-refractivity contribution in [1.29, 1.82) is 0 Å². The minimum Gasteiger partial charge on any atom is -0.310 e. The Morgan fingerprint density at radius 1 is 0.468 bits per heavy atom. The maximum absolute atomic E-state index is 2.43. The minimum atomic E-state index is -0.0392. The lowest BCUT2D eigenvalue weighted by Crippen LogP contribution is -2.14. The molecule has 1 atom stereocenters. The highest BCUT2D eigenvalue weighted by Gasteiger charge is 2.35. The van der Waals surface area contributed by atoms with Gasteiger partial charge in [0, 0.05) is 28.4 Å². The molecule has 0 saturated heterocycles. The molecule has 3 aliphatic rings. The van der Waals surface area contributed by atoms with Crippen LogP contribution in [0.4, 0.5) is 17.1 Å². The standard InChI is InChI=1S/C61H47N/c1-61(2)59-17-8-7-16-55(59)56-35-30-49(39-60(56)61)41-28-33-51(34-29-41)62(50-31-26-40(27-32-50)47-24-22-44-20-18-42-10-3-5-14-53(42)57(44)37-47)52-13-9-12-46(36-52)48-25-23-45-21-19-43-11-4-6-15-54(43)58(45)38-48/h3-5,7-14,16-37,39,48H,6,15,38H2,1-2H3. The van der Waals surface area contributed by atoms with E-state index in [1.165, 1.54) is 93.9 Å². The van der Waals surface area contributed by atoms with Crippen LogP contribution in [0.1, 0.15) is 65.1 Å². The van der Waals surface area contributed by atoms with Crippen LogP contribution in [0.2, 0.25) is 0 Å². The molecule has 0 aromatic heterocycles. The smallest absolute Gasteiger partial charge is 0.0464 e. The first-order valence-corrected chi connectivity index (χ1v) is 22.2. The molecule has 3 aliphatic carbocycles. The summed E-state index contributed by atoms with van der Waals surface area (Å²) in [5, 5.41) is 5.11. The zero-order valence-corrected chi connectivity index (χ0v) is 35.3. The van der Waals surface area contributed by atoms with Crippen molar-refractivity contribution in [2.24, 2.45) is 0 Å². The third-order valence-electron chi connectivity index (χ3n) is 14.1. The summed E-state index contributed by atoms with van der Waals surface area (Å²) in [4.78, 5) is 2.43. The van der Waals surface area contributed by atoms with Crippen LogP contribution in [0, 0.1) is 0 Å². The molecule has 1 unspecified atom stereocenters. The van der Waals surface area contributed by atoms with Gasteiger partial charge in [-0.2, -0.15) is 0 Å². The van der Waals surface area contributed by atoms with E-state index in [0.29, 0.717) is 5.92 Å². The first kappa shape index (κ1) is 36.6. The summed E-state index contributed by atoms with van der Waals surface area (Å²) in [6.07, 6.45) is 12.7. The van der Waals surface area contributed by atoms with E-state index >= 15 is 0 Å². The van der Waals surface area contributed by atoms with Crippen LogP contribution in [0.25, 0.3) is 67.1 Å². The van der Waals surface area contributed by atoms with Crippen molar-refractivity contribution in [3.8, 4) is 33.4 Å². The fraction of sp³-hybridized carbons (Fsp3) is 0.115. The molecule has 0 fully saturated rings. The Balaban J connectivity index is 0.919. The number of hydrogen-bond donors (Lipinski definition) is 0. The largest absolute Gasteiger partial charge is 0.310 e. The number of rotatable bonds is 6. The van der Waals surface area contributed by atoms with E-state index in [1.54, 1.807) is 0 Å². The normalized spacial score (nSPS) is 15.5. The van der Waals surface area contributed by atoms with E-state index < -0.39 is 0 Å². The molecule has 1 nitrogen and oxygen atoms in total. The molecule has 62 heavy (non-hydrogen) atoms. The fourth-order valence-electron chi connectivity index (χ4n) is 10.8. The highest BCUT2D eigenvalue weighted by molar-refractivity contribution is 6.08. The van der Waals surface area contributed by atoms with E-state index in [1.807, 2.05) is 0 Å². The van der Waals surface area contributed by atoms with Gasteiger partial charge in [0.05, 0.1) is 0 Å². The minimum absolute atomic E-state index is 0.0392. The summed E-state index contributed by atoms with van der Waals surface area (Å²) in [6.45, 7) is 4.72. The Morgan fingerprint density at radius 2 is 1.11 bits per heavy atom. The lowest BCUT2D eigenvalue weighted by molar-refractivity contribution is 0.660. The Kier molecular flexibility index (Phi) is 8.54. The molecule has 12 rings (SSSR count). The van der Waals surface area contributed by atoms with E-state index in [4.69, 9.17) is 0 Å². The zero-order chi connectivity index (χ0) is 41.4. The Bertz CT molecular complexity index is 3290. The fourth-order valence-corrected chi connectivity index (χ4v) is 10.8. The summed E-state index contributed by atoms with van der Waals surface area (Å²) in [7, 11) is 0. The molecule has 0 aliphatic heterocycles. The highest BCUT2D eigenvalue weighted by Crippen LogP contribution is 2.50. The predicted molar refractivity (Wildman–Crippen MR) is 264 cm³/mol. The lowest BCUT2D eigenvalue weighted by Gasteiger charge is -2.28. The third-order valence-corrected chi connectivity index (χ3v) is 14.1. The van der Waals surface area contributed by atoms with Gasteiger partial charge in [0.2, 0.25) is 0 Å². The van der Waals surface area contributed by atoms with Gasteiger partial charge >= 0.3 is 0 Å². The number of hydrogen-bond acceptors (Lipinski definition) is 1. The van der Waals surface area contributed by atoms with Crippen molar-refractivity contribution in [1.82, 2.24) is 0 Å². The van der Waals surface area contributed by atoms with Gasteiger partial charge in [-0.25, -0.2) is 0 Å². The summed E-state index contributed by atoms with van der Waals surface area (Å²) in [6, 6.07) is 68.2. The van der Waals surface area contributed by atoms with Crippen molar-refractivity contribution in [3.63, 3.8) is 0 Å². The number of benzene rings is 9. The van der Waals surface area contributed by atoms with Crippen LogP contribution in [0.5, 0.6) is 0 Å². The van der Waals surface area contributed by atoms with Gasteiger partial charge in [0.25, 0.3) is 0 Å². The van der Waals surface area contributed by atoms with Gasteiger partial charge in [0.15, 0.2) is 0 Å². The van der Waals surface area contributed by atoms with Gasteiger partial charge in [0.1, 0.15) is 0 Å². The van der Waals surface area contributed by atoms with E-state index in [0.717, 1.165) is 36.3 Å². The molecule has 0 N–H and O–H groups in total. The predicted octanol–water partition coefficient (Wildman–Crippen LogP) is 16.4. The summed E-state index contributed by atoms with van der Waals surface area (Å²) >= 11 is 0. The molecule has 0 spiro atoms. The quantitative estimate of drug-likeness (QED) is 0.152. The molecule has 0 heterocycles. The van der Waals surface area contributed by atoms with Crippen molar-refractivity contribution < 1.29 is 0 Å². The van der Waals surface area contributed by atoms with Crippen LogP contribution in [0.15, 0.2) is 194 Å². The second-order valence-electron chi connectivity index (χ2n) is 18.0. The van der Waals surface area contributed by atoms with Gasteiger partial charge in [-0.05, 0) is 162 Å². The molecule has 9 aromatic rings. The van der Waals surface area contributed by atoms with Crippen LogP contribution < -0.4 is 4.90 Å². The van der Waals surface area contributed by atoms with Crippen molar-refractivity contribution in [2.45, 2.75) is 44.4 Å². The van der Waals surface area contributed by atoms with Crippen molar-refractivity contribution in [2.75, 3.05) is 4.90 Å². The molecular weight excluding hydrogens is 747 g/mol. The Labute approximate surface area is 365 Å². The first-order valence-electron chi connectivity index (χ1n) is 22.2. The molecule has 296 valence electrons. The van der Waals surface area contributed by atoms with Gasteiger partial charge < -0.3 is 4.90 Å². The van der Waals surface area contributed by atoms with Gasteiger partial charge in [-0.3, -0.25) is 0 Å². The molecule has 1 heteroatoms. The van der Waals surface area contributed by atoms with E-state index in [9.17, 15) is 0 Å². The number of fused-ring (bicyclic) bond motifs is 9. The van der Waals surface area contributed by atoms with Gasteiger partial charge in [-0.1, -0.05) is 172 Å². The summed E-state index contributed by atoms with van der Waals surface area (Å²) in [5.74, 6) is 0.311. The van der Waals surface area contributed by atoms with Gasteiger partial charge in [-0.15, -0.1) is 0 Å². The average Bonchev–Trinajstić information content (AvgIpc) is 3.56. The highest BCUT2D eigenvalue weighted by atomic mass is 15.1. The maximum atomic E-state index is 2.43. The second kappa shape index (κ2) is 14.5. The number of nitrogens with zero attached hydrogens (tertiary/aromatic N) is 1. The molecule has 0 radical (unpaired) electrons. The average molecular weight is 794 g/mol. The Hall–Kier alpha value is -7.22. The molecule has 0 saturated carbocycles. The second-order valence-corrected chi connectivity index (χ2v) is 18.0. The molecule has 0 bridgehead atoms. The van der Waals surface area contributed by atoms with Crippen LogP contribution in [-0.4, -0.2) is 0 Å². The lowest BCUT2D eigenvalue weighted by atomic mass is 9.79. The van der Waals surface area contributed by atoms with E-state index in [2.05, 4.69) is 225 Å². The zero-order valence-electron chi connectivity index (χ0n) is 35.3. The molecular formula is C61H47N.